The van der Waals surface area contributed by atoms with E-state index in [2.05, 4.69) is 0 Å². The maximum Gasteiger partial charge on any atom is 0.458 e. The second kappa shape index (κ2) is 4.90. The summed E-state index contributed by atoms with van der Waals surface area (Å²) in [5, 5.41) is 0. The summed E-state index contributed by atoms with van der Waals surface area (Å²) in [7, 11) is 0. The Labute approximate surface area is 105 Å². The maximum absolute atomic E-state index is 12.5. The average Bonchev–Trinajstić information content (AvgIpc) is 2.11. The van der Waals surface area contributed by atoms with Crippen LogP contribution in [0.2, 0.25) is 0 Å². The standard InChI is InChI=1S/C7F14/c8-2(5(13,14)15)1(3(9,10)6(16,17)18)4(11,12)7(19,20)21. The summed E-state index contributed by atoms with van der Waals surface area (Å²) in [4.78, 5) is 0. The first kappa shape index (κ1) is 19.8. The predicted molar refractivity (Wildman–Crippen MR) is 36.2 cm³/mol. The topological polar surface area (TPSA) is 0 Å². The number of allylic oxidation sites excluding steroid dienone is 2. The number of alkyl halides is 13. The van der Waals surface area contributed by atoms with Gasteiger partial charge in [0.25, 0.3) is 0 Å². The Kier molecular flexibility index (Phi) is 4.61. The molecule has 14 heteroatoms. The SMILES string of the molecule is FC(=C(C(F)(F)C(F)(F)F)C(F)(F)C(F)(F)F)C(F)(F)F. The molecule has 0 aliphatic rings. The molecule has 0 saturated carbocycles. The maximum atomic E-state index is 12.5. The summed E-state index contributed by atoms with van der Waals surface area (Å²) in [6.07, 6.45) is -21.6. The smallest absolute Gasteiger partial charge is 0.201 e. The van der Waals surface area contributed by atoms with Crippen LogP contribution in [0.25, 0.3) is 0 Å². The minimum Gasteiger partial charge on any atom is -0.201 e. The molecule has 0 rings (SSSR count). The van der Waals surface area contributed by atoms with Crippen LogP contribution in [0, 0.1) is 0 Å². The van der Waals surface area contributed by atoms with Gasteiger partial charge in [-0.05, 0) is 0 Å². The lowest BCUT2D eigenvalue weighted by atomic mass is 9.99. The quantitative estimate of drug-likeness (QED) is 0.603. The lowest BCUT2D eigenvalue weighted by Gasteiger charge is -2.30. The summed E-state index contributed by atoms with van der Waals surface area (Å²) in [6.45, 7) is 0. The van der Waals surface area contributed by atoms with Crippen molar-refractivity contribution >= 4 is 0 Å². The van der Waals surface area contributed by atoms with E-state index in [-0.39, 0.29) is 0 Å². The molecule has 0 atom stereocenters. The molecular weight excluding hydrogens is 350 g/mol. The Bertz CT molecular complexity index is 386. The summed E-state index contributed by atoms with van der Waals surface area (Å²) >= 11 is 0. The molecule has 0 unspecified atom stereocenters. The van der Waals surface area contributed by atoms with Crippen LogP contribution in [-0.2, 0) is 0 Å². The second-order valence-electron chi connectivity index (χ2n) is 3.33. The van der Waals surface area contributed by atoms with E-state index in [1.807, 2.05) is 0 Å². The van der Waals surface area contributed by atoms with E-state index in [0.717, 1.165) is 0 Å². The molecule has 0 bridgehead atoms. The van der Waals surface area contributed by atoms with Gasteiger partial charge in [-0.15, -0.1) is 0 Å². The Morgan fingerprint density at radius 1 is 0.476 bits per heavy atom. The third-order valence-electron chi connectivity index (χ3n) is 1.81. The molecule has 0 amide bonds. The van der Waals surface area contributed by atoms with Crippen molar-refractivity contribution in [2.75, 3.05) is 0 Å². The monoisotopic (exact) mass is 350 g/mol. The van der Waals surface area contributed by atoms with E-state index >= 15 is 0 Å². The van der Waals surface area contributed by atoms with Crippen molar-refractivity contribution in [2.24, 2.45) is 0 Å². The number of rotatable bonds is 2. The zero-order valence-electron chi connectivity index (χ0n) is 8.79. The van der Waals surface area contributed by atoms with E-state index in [0.29, 0.717) is 0 Å². The van der Waals surface area contributed by atoms with Gasteiger partial charge in [0.15, 0.2) is 0 Å². The van der Waals surface area contributed by atoms with Gasteiger partial charge in [0.2, 0.25) is 5.83 Å². The van der Waals surface area contributed by atoms with Crippen LogP contribution < -0.4 is 0 Å². The van der Waals surface area contributed by atoms with Crippen molar-refractivity contribution in [3.63, 3.8) is 0 Å². The lowest BCUT2D eigenvalue weighted by molar-refractivity contribution is -0.310. The van der Waals surface area contributed by atoms with Gasteiger partial charge in [-0.3, -0.25) is 0 Å². The summed E-state index contributed by atoms with van der Waals surface area (Å²) in [5.41, 5.74) is -5.07. The van der Waals surface area contributed by atoms with Gasteiger partial charge < -0.3 is 0 Å². The fourth-order valence-electron chi connectivity index (χ4n) is 0.898. The Balaban J connectivity index is 6.64. The van der Waals surface area contributed by atoms with Gasteiger partial charge in [-0.2, -0.15) is 57.1 Å². The lowest BCUT2D eigenvalue weighted by Crippen LogP contribution is -2.51. The van der Waals surface area contributed by atoms with Crippen LogP contribution in [0.4, 0.5) is 61.5 Å². The summed E-state index contributed by atoms with van der Waals surface area (Å²) < 4.78 is 168. The molecule has 0 spiro atoms. The summed E-state index contributed by atoms with van der Waals surface area (Å²) in [5.74, 6) is -19.7. The van der Waals surface area contributed by atoms with Gasteiger partial charge in [-0.1, -0.05) is 0 Å². The Morgan fingerprint density at radius 2 is 0.714 bits per heavy atom. The third-order valence-corrected chi connectivity index (χ3v) is 1.81. The first-order chi connectivity index (χ1) is 8.78. The molecule has 0 N–H and O–H groups in total. The van der Waals surface area contributed by atoms with Crippen molar-refractivity contribution in [1.82, 2.24) is 0 Å². The van der Waals surface area contributed by atoms with Crippen LogP contribution >= 0.6 is 0 Å². The van der Waals surface area contributed by atoms with E-state index < -0.39 is 41.8 Å². The number of halogens is 14. The molecule has 0 aromatic carbocycles. The van der Waals surface area contributed by atoms with Gasteiger partial charge >= 0.3 is 30.4 Å². The van der Waals surface area contributed by atoms with E-state index in [1.165, 1.54) is 0 Å². The zero-order valence-corrected chi connectivity index (χ0v) is 8.79. The molecule has 0 saturated heterocycles. The largest absolute Gasteiger partial charge is 0.458 e. The minimum atomic E-state index is -7.41. The first-order valence-corrected chi connectivity index (χ1v) is 4.15. The molecule has 126 valence electrons. The Hall–Kier alpha value is -1.24. The highest BCUT2D eigenvalue weighted by Crippen LogP contribution is 2.55. The van der Waals surface area contributed by atoms with E-state index in [1.54, 1.807) is 0 Å². The van der Waals surface area contributed by atoms with Crippen molar-refractivity contribution < 1.29 is 61.5 Å². The first-order valence-electron chi connectivity index (χ1n) is 4.15. The highest BCUT2D eigenvalue weighted by molar-refractivity contribution is 5.31. The second-order valence-corrected chi connectivity index (χ2v) is 3.33. The van der Waals surface area contributed by atoms with Crippen LogP contribution in [0.15, 0.2) is 11.4 Å². The molecule has 0 aromatic rings. The normalized spacial score (nSPS) is 15.1. The number of hydrogen-bond donors (Lipinski definition) is 0. The van der Waals surface area contributed by atoms with E-state index in [4.69, 9.17) is 0 Å². The predicted octanol–water partition coefficient (Wildman–Crippen LogP) is 5.17. The van der Waals surface area contributed by atoms with Crippen LogP contribution in [0.1, 0.15) is 0 Å². The molecule has 0 fully saturated rings. The van der Waals surface area contributed by atoms with Crippen molar-refractivity contribution in [3.05, 3.63) is 11.4 Å². The minimum absolute atomic E-state index is 4.88. The molecule has 0 radical (unpaired) electrons. The van der Waals surface area contributed by atoms with Gasteiger partial charge in [0.05, 0.1) is 0 Å². The zero-order chi connectivity index (χ0) is 17.7. The fraction of sp³-hybridized carbons (Fsp3) is 0.714. The van der Waals surface area contributed by atoms with Crippen LogP contribution in [0.3, 0.4) is 0 Å². The fourth-order valence-corrected chi connectivity index (χ4v) is 0.898. The van der Waals surface area contributed by atoms with Gasteiger partial charge in [0, 0.05) is 0 Å². The molecule has 21 heavy (non-hydrogen) atoms. The van der Waals surface area contributed by atoms with Crippen LogP contribution in [-0.4, -0.2) is 30.4 Å². The van der Waals surface area contributed by atoms with Gasteiger partial charge in [0.1, 0.15) is 5.57 Å². The van der Waals surface area contributed by atoms with Gasteiger partial charge in [-0.25, -0.2) is 4.39 Å². The molecule has 0 heterocycles. The molecular formula is C7F14. The van der Waals surface area contributed by atoms with Crippen molar-refractivity contribution in [1.29, 1.82) is 0 Å². The third kappa shape index (κ3) is 3.51. The highest BCUT2D eigenvalue weighted by Gasteiger charge is 2.75. The molecule has 0 nitrogen and oxygen atoms in total. The summed E-state index contributed by atoms with van der Waals surface area (Å²) in [6, 6.07) is 0. The van der Waals surface area contributed by atoms with Crippen LogP contribution in [0.5, 0.6) is 0 Å². The number of hydrogen-bond acceptors (Lipinski definition) is 0. The molecule has 0 aliphatic carbocycles. The van der Waals surface area contributed by atoms with Crippen molar-refractivity contribution in [3.8, 4) is 0 Å². The molecule has 0 aromatic heterocycles. The van der Waals surface area contributed by atoms with E-state index in [9.17, 15) is 61.5 Å². The molecule has 0 aliphatic heterocycles. The average molecular weight is 350 g/mol. The van der Waals surface area contributed by atoms with Crippen molar-refractivity contribution in [2.45, 2.75) is 30.4 Å². The highest BCUT2D eigenvalue weighted by atomic mass is 19.4. The Morgan fingerprint density at radius 3 is 0.857 bits per heavy atom.